The van der Waals surface area contributed by atoms with Gasteiger partial charge < -0.3 is 15.2 Å². The summed E-state index contributed by atoms with van der Waals surface area (Å²) in [6.07, 6.45) is 0. The smallest absolute Gasteiger partial charge is 0.224 e. The second kappa shape index (κ2) is 5.29. The molecule has 1 aromatic carbocycles. The summed E-state index contributed by atoms with van der Waals surface area (Å²) in [6, 6.07) is 7.48. The Hall–Kier alpha value is -1.39. The highest BCUT2D eigenvalue weighted by molar-refractivity contribution is 5.81. The van der Waals surface area contributed by atoms with Gasteiger partial charge in [-0.3, -0.25) is 4.79 Å². The van der Waals surface area contributed by atoms with E-state index >= 15 is 0 Å². The molecular weight excluding hydrogens is 218 g/mol. The van der Waals surface area contributed by atoms with Gasteiger partial charge in [-0.15, -0.1) is 0 Å². The third-order valence-corrected chi connectivity index (χ3v) is 3.12. The molecule has 0 fully saturated rings. The molecule has 0 aliphatic rings. The molecule has 4 nitrogen and oxygen atoms in total. The van der Waals surface area contributed by atoms with Gasteiger partial charge in [-0.2, -0.15) is 0 Å². The lowest BCUT2D eigenvalue weighted by Crippen LogP contribution is -2.30. The van der Waals surface area contributed by atoms with Gasteiger partial charge in [-0.25, -0.2) is 0 Å². The van der Waals surface area contributed by atoms with E-state index in [1.165, 1.54) is 0 Å². The molecule has 0 aromatic heterocycles. The molecule has 0 aliphatic carbocycles. The third kappa shape index (κ3) is 2.65. The average Bonchev–Trinajstić information content (AvgIpc) is 2.36. The van der Waals surface area contributed by atoms with Gasteiger partial charge in [0.2, 0.25) is 5.91 Å². The predicted octanol–water partition coefficient (Wildman–Crippen LogP) is 1.74. The van der Waals surface area contributed by atoms with Crippen molar-refractivity contribution in [1.82, 2.24) is 0 Å². The molecule has 0 heterocycles. The minimum Gasteiger partial charge on any atom is -0.369 e. The standard InChI is InChI=1S/C13H19NO3/c1-9(12(14)15)10-7-5-6-8-11(10)13(2,16-3)17-4/h5-9H,1-4H3,(H2,14,15). The Morgan fingerprint density at radius 2 is 1.82 bits per heavy atom. The van der Waals surface area contributed by atoms with Crippen LogP contribution in [0.2, 0.25) is 0 Å². The number of hydrogen-bond acceptors (Lipinski definition) is 3. The molecule has 1 unspecified atom stereocenters. The minimum atomic E-state index is -0.875. The van der Waals surface area contributed by atoms with Crippen LogP contribution in [0.4, 0.5) is 0 Å². The number of hydrogen-bond donors (Lipinski definition) is 1. The summed E-state index contributed by atoms with van der Waals surface area (Å²) in [6.45, 7) is 3.58. The summed E-state index contributed by atoms with van der Waals surface area (Å²) < 4.78 is 10.7. The van der Waals surface area contributed by atoms with E-state index in [1.807, 2.05) is 24.3 Å². The molecular formula is C13H19NO3. The van der Waals surface area contributed by atoms with E-state index in [9.17, 15) is 4.79 Å². The molecule has 4 heteroatoms. The van der Waals surface area contributed by atoms with E-state index < -0.39 is 5.79 Å². The summed E-state index contributed by atoms with van der Waals surface area (Å²) >= 11 is 0. The van der Waals surface area contributed by atoms with E-state index in [0.717, 1.165) is 11.1 Å². The molecule has 17 heavy (non-hydrogen) atoms. The number of carbonyl (C=O) groups is 1. The van der Waals surface area contributed by atoms with Gasteiger partial charge in [0.25, 0.3) is 0 Å². The number of benzene rings is 1. The summed E-state index contributed by atoms with van der Waals surface area (Å²) in [5, 5.41) is 0. The average molecular weight is 237 g/mol. The van der Waals surface area contributed by atoms with E-state index in [0.29, 0.717) is 0 Å². The number of primary amides is 1. The molecule has 94 valence electrons. The van der Waals surface area contributed by atoms with Crippen LogP contribution in [0.5, 0.6) is 0 Å². The van der Waals surface area contributed by atoms with Crippen LogP contribution in [0.15, 0.2) is 24.3 Å². The molecule has 0 saturated carbocycles. The van der Waals surface area contributed by atoms with Crippen molar-refractivity contribution < 1.29 is 14.3 Å². The van der Waals surface area contributed by atoms with Crippen LogP contribution in [-0.2, 0) is 20.1 Å². The number of methoxy groups -OCH3 is 2. The van der Waals surface area contributed by atoms with Crippen LogP contribution >= 0.6 is 0 Å². The van der Waals surface area contributed by atoms with Crippen LogP contribution < -0.4 is 5.73 Å². The van der Waals surface area contributed by atoms with Crippen molar-refractivity contribution in [3.05, 3.63) is 35.4 Å². The minimum absolute atomic E-state index is 0.369. The fourth-order valence-corrected chi connectivity index (χ4v) is 1.74. The number of rotatable bonds is 5. The maximum atomic E-state index is 11.3. The van der Waals surface area contributed by atoms with Gasteiger partial charge in [-0.05, 0) is 19.4 Å². The topological polar surface area (TPSA) is 61.6 Å². The lowest BCUT2D eigenvalue weighted by atomic mass is 9.91. The first-order chi connectivity index (χ1) is 7.96. The fraction of sp³-hybridized carbons (Fsp3) is 0.462. The molecule has 0 saturated heterocycles. The summed E-state index contributed by atoms with van der Waals surface area (Å²) in [5.41, 5.74) is 6.98. The normalized spacial score (nSPS) is 13.4. The maximum Gasteiger partial charge on any atom is 0.224 e. The first-order valence-electron chi connectivity index (χ1n) is 5.45. The van der Waals surface area contributed by atoms with Gasteiger partial charge in [0.05, 0.1) is 5.92 Å². The highest BCUT2D eigenvalue weighted by Gasteiger charge is 2.30. The van der Waals surface area contributed by atoms with Crippen LogP contribution in [0.1, 0.15) is 30.9 Å². The molecule has 2 N–H and O–H groups in total. The Labute approximate surface area is 102 Å². The van der Waals surface area contributed by atoms with Gasteiger partial charge in [0.1, 0.15) is 0 Å². The van der Waals surface area contributed by atoms with Crippen LogP contribution in [0, 0.1) is 0 Å². The zero-order valence-corrected chi connectivity index (χ0v) is 10.7. The molecule has 0 aliphatic heterocycles. The number of amides is 1. The van der Waals surface area contributed by atoms with Crippen LogP contribution in [0.25, 0.3) is 0 Å². The monoisotopic (exact) mass is 237 g/mol. The first-order valence-corrected chi connectivity index (χ1v) is 5.45. The Morgan fingerprint density at radius 1 is 1.29 bits per heavy atom. The maximum absolute atomic E-state index is 11.3. The summed E-state index contributed by atoms with van der Waals surface area (Å²) in [4.78, 5) is 11.3. The third-order valence-electron chi connectivity index (χ3n) is 3.12. The Bertz CT molecular complexity index is 399. The number of ether oxygens (including phenoxy) is 2. The lowest BCUT2D eigenvalue weighted by molar-refractivity contribution is -0.202. The van der Waals surface area contributed by atoms with Crippen molar-refractivity contribution in [2.24, 2.45) is 5.73 Å². The van der Waals surface area contributed by atoms with Gasteiger partial charge in [-0.1, -0.05) is 24.3 Å². The van der Waals surface area contributed by atoms with Gasteiger partial charge in [0.15, 0.2) is 5.79 Å². The first kappa shape index (κ1) is 13.7. The van der Waals surface area contributed by atoms with Crippen LogP contribution in [-0.4, -0.2) is 20.1 Å². The Morgan fingerprint density at radius 3 is 2.29 bits per heavy atom. The van der Waals surface area contributed by atoms with Gasteiger partial charge >= 0.3 is 0 Å². The molecule has 0 bridgehead atoms. The number of carbonyl (C=O) groups excluding carboxylic acids is 1. The van der Waals surface area contributed by atoms with Gasteiger partial charge in [0, 0.05) is 19.8 Å². The molecule has 1 atom stereocenters. The predicted molar refractivity (Wildman–Crippen MR) is 65.4 cm³/mol. The summed E-state index contributed by atoms with van der Waals surface area (Å²) in [7, 11) is 3.13. The molecule has 0 spiro atoms. The Balaban J connectivity index is 3.29. The van der Waals surface area contributed by atoms with E-state index in [2.05, 4.69) is 0 Å². The van der Waals surface area contributed by atoms with E-state index in [4.69, 9.17) is 15.2 Å². The Kier molecular flexibility index (Phi) is 4.26. The zero-order chi connectivity index (χ0) is 13.1. The quantitative estimate of drug-likeness (QED) is 0.793. The highest BCUT2D eigenvalue weighted by Crippen LogP contribution is 2.32. The van der Waals surface area contributed by atoms with Crippen molar-refractivity contribution in [2.75, 3.05) is 14.2 Å². The van der Waals surface area contributed by atoms with Crippen molar-refractivity contribution in [2.45, 2.75) is 25.6 Å². The second-order valence-electron chi connectivity index (χ2n) is 4.07. The molecule has 1 aromatic rings. The highest BCUT2D eigenvalue weighted by atomic mass is 16.7. The lowest BCUT2D eigenvalue weighted by Gasteiger charge is -2.30. The second-order valence-corrected chi connectivity index (χ2v) is 4.07. The van der Waals surface area contributed by atoms with Crippen molar-refractivity contribution in [3.8, 4) is 0 Å². The van der Waals surface area contributed by atoms with Crippen molar-refractivity contribution >= 4 is 5.91 Å². The number of nitrogens with two attached hydrogens (primary N) is 1. The van der Waals surface area contributed by atoms with Crippen LogP contribution in [0.3, 0.4) is 0 Å². The van der Waals surface area contributed by atoms with E-state index in [1.54, 1.807) is 28.1 Å². The molecule has 0 radical (unpaired) electrons. The largest absolute Gasteiger partial charge is 0.369 e. The molecule has 1 rings (SSSR count). The van der Waals surface area contributed by atoms with E-state index in [-0.39, 0.29) is 11.8 Å². The fourth-order valence-electron chi connectivity index (χ4n) is 1.74. The SMILES string of the molecule is COC(C)(OC)c1ccccc1C(C)C(N)=O. The van der Waals surface area contributed by atoms with Crippen molar-refractivity contribution in [3.63, 3.8) is 0 Å². The van der Waals surface area contributed by atoms with Crippen molar-refractivity contribution in [1.29, 1.82) is 0 Å². The zero-order valence-electron chi connectivity index (χ0n) is 10.7. The molecule has 1 amide bonds. The summed E-state index contributed by atoms with van der Waals surface area (Å²) in [5.74, 6) is -1.62.